The monoisotopic (exact) mass is 237 g/mol. The number of piperidine rings is 1. The number of rotatable bonds is 4. The lowest BCUT2D eigenvalue weighted by atomic mass is 9.93. The third kappa shape index (κ3) is 3.97. The molecule has 0 radical (unpaired) electrons. The molecule has 0 aliphatic carbocycles. The Bertz CT molecular complexity index is 272. The molecule has 3 atom stereocenters. The van der Waals surface area contributed by atoms with Crippen molar-refractivity contribution in [3.63, 3.8) is 0 Å². The summed E-state index contributed by atoms with van der Waals surface area (Å²) in [4.78, 5) is 2.49. The molecule has 17 heavy (non-hydrogen) atoms. The van der Waals surface area contributed by atoms with E-state index in [0.29, 0.717) is 18.1 Å². The molecule has 0 bridgehead atoms. The zero-order valence-corrected chi connectivity index (χ0v) is 12.0. The van der Waals surface area contributed by atoms with Crippen LogP contribution in [0.5, 0.6) is 0 Å². The summed E-state index contributed by atoms with van der Waals surface area (Å²) in [7, 11) is 0. The SMILES string of the molecule is CC(C)NC(C)(C#N)CN1[C@H](C)CCC[C@@H]1C. The van der Waals surface area contributed by atoms with Crippen LogP contribution in [0.1, 0.15) is 53.9 Å². The fourth-order valence-electron chi connectivity index (χ4n) is 2.90. The fourth-order valence-corrected chi connectivity index (χ4v) is 2.90. The number of nitriles is 1. The summed E-state index contributed by atoms with van der Waals surface area (Å²) >= 11 is 0. The van der Waals surface area contributed by atoms with Gasteiger partial charge in [-0.2, -0.15) is 5.26 Å². The molecule has 0 spiro atoms. The molecule has 1 unspecified atom stereocenters. The Morgan fingerprint density at radius 2 is 1.88 bits per heavy atom. The van der Waals surface area contributed by atoms with Crippen molar-refractivity contribution >= 4 is 0 Å². The summed E-state index contributed by atoms with van der Waals surface area (Å²) < 4.78 is 0. The van der Waals surface area contributed by atoms with Gasteiger partial charge in [0.15, 0.2) is 0 Å². The van der Waals surface area contributed by atoms with E-state index in [9.17, 15) is 5.26 Å². The molecule has 0 aromatic carbocycles. The number of hydrogen-bond acceptors (Lipinski definition) is 3. The van der Waals surface area contributed by atoms with Crippen LogP contribution >= 0.6 is 0 Å². The summed E-state index contributed by atoms with van der Waals surface area (Å²) in [5, 5.41) is 12.8. The Morgan fingerprint density at radius 3 is 2.29 bits per heavy atom. The van der Waals surface area contributed by atoms with Crippen LogP contribution in [-0.2, 0) is 0 Å². The molecule has 0 saturated carbocycles. The lowest BCUT2D eigenvalue weighted by Gasteiger charge is -2.43. The van der Waals surface area contributed by atoms with Gasteiger partial charge in [-0.05, 0) is 47.5 Å². The summed E-state index contributed by atoms with van der Waals surface area (Å²) in [6.45, 7) is 11.6. The molecule has 0 aromatic heterocycles. The summed E-state index contributed by atoms with van der Waals surface area (Å²) in [6.07, 6.45) is 3.83. The maximum atomic E-state index is 9.40. The summed E-state index contributed by atoms with van der Waals surface area (Å²) in [5.74, 6) is 0. The van der Waals surface area contributed by atoms with Crippen LogP contribution in [-0.4, -0.2) is 35.1 Å². The molecule has 0 amide bonds. The van der Waals surface area contributed by atoms with Crippen molar-refractivity contribution in [1.82, 2.24) is 10.2 Å². The molecule has 0 aromatic rings. The van der Waals surface area contributed by atoms with Crippen LogP contribution in [0.4, 0.5) is 0 Å². The second-order valence-electron chi connectivity index (χ2n) is 6.04. The van der Waals surface area contributed by atoms with E-state index >= 15 is 0 Å². The number of nitrogens with one attached hydrogen (secondary N) is 1. The van der Waals surface area contributed by atoms with E-state index < -0.39 is 5.54 Å². The molecule has 1 aliphatic heterocycles. The first-order valence-corrected chi connectivity index (χ1v) is 6.82. The zero-order valence-electron chi connectivity index (χ0n) is 12.0. The molecular formula is C14H27N3. The third-order valence-corrected chi connectivity index (χ3v) is 3.73. The first-order valence-electron chi connectivity index (χ1n) is 6.82. The van der Waals surface area contributed by atoms with E-state index in [1.165, 1.54) is 19.3 Å². The molecule has 1 aliphatic rings. The summed E-state index contributed by atoms with van der Waals surface area (Å²) in [5.41, 5.74) is -0.436. The number of likely N-dealkylation sites (tertiary alicyclic amines) is 1. The van der Waals surface area contributed by atoms with Crippen molar-refractivity contribution in [2.75, 3.05) is 6.54 Å². The highest BCUT2D eigenvalue weighted by Gasteiger charge is 2.33. The van der Waals surface area contributed by atoms with Crippen molar-refractivity contribution in [1.29, 1.82) is 5.26 Å². The van der Waals surface area contributed by atoms with E-state index in [1.807, 2.05) is 6.92 Å². The maximum absolute atomic E-state index is 9.40. The zero-order chi connectivity index (χ0) is 13.1. The average Bonchev–Trinajstić information content (AvgIpc) is 2.23. The second kappa shape index (κ2) is 5.84. The van der Waals surface area contributed by atoms with Gasteiger partial charge in [-0.25, -0.2) is 0 Å². The van der Waals surface area contributed by atoms with E-state index in [2.05, 4.69) is 44.0 Å². The molecule has 1 fully saturated rings. The van der Waals surface area contributed by atoms with Crippen molar-refractivity contribution < 1.29 is 0 Å². The third-order valence-electron chi connectivity index (χ3n) is 3.73. The molecule has 3 heteroatoms. The number of hydrogen-bond donors (Lipinski definition) is 1. The minimum atomic E-state index is -0.436. The van der Waals surface area contributed by atoms with Crippen molar-refractivity contribution in [3.05, 3.63) is 0 Å². The molecule has 1 N–H and O–H groups in total. The Hall–Kier alpha value is -0.590. The molecule has 3 nitrogen and oxygen atoms in total. The molecule has 98 valence electrons. The van der Waals surface area contributed by atoms with E-state index in [4.69, 9.17) is 0 Å². The lowest BCUT2D eigenvalue weighted by Crippen LogP contribution is -2.57. The van der Waals surface area contributed by atoms with Crippen LogP contribution in [0.15, 0.2) is 0 Å². The van der Waals surface area contributed by atoms with Gasteiger partial charge >= 0.3 is 0 Å². The second-order valence-corrected chi connectivity index (χ2v) is 6.04. The predicted molar refractivity (Wildman–Crippen MR) is 71.8 cm³/mol. The highest BCUT2D eigenvalue weighted by Crippen LogP contribution is 2.24. The maximum Gasteiger partial charge on any atom is 0.116 e. The fraction of sp³-hybridized carbons (Fsp3) is 0.929. The van der Waals surface area contributed by atoms with E-state index in [0.717, 1.165) is 6.54 Å². The minimum absolute atomic E-state index is 0.343. The highest BCUT2D eigenvalue weighted by atomic mass is 15.2. The van der Waals surface area contributed by atoms with Crippen LogP contribution in [0.25, 0.3) is 0 Å². The van der Waals surface area contributed by atoms with Gasteiger partial charge in [-0.15, -0.1) is 0 Å². The molecule has 1 rings (SSSR count). The van der Waals surface area contributed by atoms with Gasteiger partial charge in [-0.1, -0.05) is 6.42 Å². The van der Waals surface area contributed by atoms with E-state index in [1.54, 1.807) is 0 Å². The highest BCUT2D eigenvalue weighted by molar-refractivity contribution is 5.07. The Kier molecular flexibility index (Phi) is 4.97. The van der Waals surface area contributed by atoms with Gasteiger partial charge in [0.1, 0.15) is 5.54 Å². The first-order chi connectivity index (χ1) is 7.88. The van der Waals surface area contributed by atoms with Crippen LogP contribution in [0.3, 0.4) is 0 Å². The van der Waals surface area contributed by atoms with Crippen molar-refractivity contribution in [2.24, 2.45) is 0 Å². The quantitative estimate of drug-likeness (QED) is 0.816. The van der Waals surface area contributed by atoms with Gasteiger partial charge in [-0.3, -0.25) is 10.2 Å². The minimum Gasteiger partial charge on any atom is -0.296 e. The van der Waals surface area contributed by atoms with Crippen LogP contribution < -0.4 is 5.32 Å². The van der Waals surface area contributed by atoms with Crippen molar-refractivity contribution in [3.8, 4) is 6.07 Å². The van der Waals surface area contributed by atoms with Crippen molar-refractivity contribution in [2.45, 2.75) is 77.5 Å². The van der Waals surface area contributed by atoms with Gasteiger partial charge in [0.05, 0.1) is 6.07 Å². The first kappa shape index (κ1) is 14.5. The van der Waals surface area contributed by atoms with Gasteiger partial charge in [0.25, 0.3) is 0 Å². The Balaban J connectivity index is 2.69. The standard InChI is InChI=1S/C14H27N3/c1-11(2)16-14(5,9-15)10-17-12(3)7-6-8-13(17)4/h11-13,16H,6-8,10H2,1-5H3/t12-,13+,14?. The van der Waals surface area contributed by atoms with Gasteiger partial charge < -0.3 is 0 Å². The smallest absolute Gasteiger partial charge is 0.116 e. The Labute approximate surface area is 106 Å². The lowest BCUT2D eigenvalue weighted by molar-refractivity contribution is 0.0797. The van der Waals surface area contributed by atoms with Crippen LogP contribution in [0, 0.1) is 11.3 Å². The summed E-state index contributed by atoms with van der Waals surface area (Å²) in [6, 6.07) is 3.98. The van der Waals surface area contributed by atoms with E-state index in [-0.39, 0.29) is 0 Å². The van der Waals surface area contributed by atoms with Crippen LogP contribution in [0.2, 0.25) is 0 Å². The molecule has 1 heterocycles. The predicted octanol–water partition coefficient (Wildman–Crippen LogP) is 2.53. The van der Waals surface area contributed by atoms with Gasteiger partial charge in [0, 0.05) is 24.7 Å². The molecular weight excluding hydrogens is 210 g/mol. The Morgan fingerprint density at radius 1 is 1.35 bits per heavy atom. The normalized spacial score (nSPS) is 29.9. The topological polar surface area (TPSA) is 39.1 Å². The molecule has 1 saturated heterocycles. The largest absolute Gasteiger partial charge is 0.296 e. The number of nitrogens with zero attached hydrogens (tertiary/aromatic N) is 2. The average molecular weight is 237 g/mol. The van der Waals surface area contributed by atoms with Gasteiger partial charge in [0.2, 0.25) is 0 Å².